The summed E-state index contributed by atoms with van der Waals surface area (Å²) in [5.41, 5.74) is 0. The molecule has 0 aromatic carbocycles. The van der Waals surface area contributed by atoms with Crippen LogP contribution in [0, 0.1) is 5.92 Å². The molecule has 0 aliphatic carbocycles. The number of hydrogen-bond donors (Lipinski definition) is 0. The van der Waals surface area contributed by atoms with E-state index in [-0.39, 0.29) is 0 Å². The molecule has 1 aromatic rings. The number of hydrogen-bond acceptors (Lipinski definition) is 4. The third-order valence-electron chi connectivity index (χ3n) is 2.75. The zero-order chi connectivity index (χ0) is 11.4. The maximum atomic E-state index is 5.86. The lowest BCUT2D eigenvalue weighted by Crippen LogP contribution is -2.21. The van der Waals surface area contributed by atoms with E-state index in [9.17, 15) is 0 Å². The lowest BCUT2D eigenvalue weighted by molar-refractivity contribution is 0.326. The topological polar surface area (TPSA) is 38.2 Å². The van der Waals surface area contributed by atoms with E-state index in [0.717, 1.165) is 31.2 Å². The van der Waals surface area contributed by atoms with Gasteiger partial charge in [-0.15, -0.1) is 11.6 Å². The van der Waals surface area contributed by atoms with Crippen molar-refractivity contribution in [2.75, 3.05) is 30.5 Å². The Bertz CT molecular complexity index is 348. The Morgan fingerprint density at radius 2 is 2.44 bits per heavy atom. The smallest absolute Gasteiger partial charge is 0.218 e. The van der Waals surface area contributed by atoms with Crippen molar-refractivity contribution in [1.29, 1.82) is 0 Å². The van der Waals surface area contributed by atoms with Gasteiger partial charge >= 0.3 is 0 Å². The summed E-state index contributed by atoms with van der Waals surface area (Å²) in [7, 11) is 0. The highest BCUT2D eigenvalue weighted by Gasteiger charge is 2.22. The minimum Gasteiger partial charge on any atom is -0.478 e. The first kappa shape index (κ1) is 11.5. The molecular formula is C11H16ClN3O. The molecule has 16 heavy (non-hydrogen) atoms. The third-order valence-corrected chi connectivity index (χ3v) is 3.18. The highest BCUT2D eigenvalue weighted by Crippen LogP contribution is 2.24. The van der Waals surface area contributed by atoms with Crippen LogP contribution >= 0.6 is 11.6 Å². The number of rotatable bonds is 4. The summed E-state index contributed by atoms with van der Waals surface area (Å²) in [6.45, 7) is 4.56. The Labute approximate surface area is 101 Å². The van der Waals surface area contributed by atoms with Crippen LogP contribution in [0.4, 0.5) is 5.82 Å². The number of anilines is 1. The predicted molar refractivity (Wildman–Crippen MR) is 64.2 cm³/mol. The van der Waals surface area contributed by atoms with E-state index >= 15 is 0 Å². The van der Waals surface area contributed by atoms with Gasteiger partial charge in [0.2, 0.25) is 5.88 Å². The molecule has 4 nitrogen and oxygen atoms in total. The molecule has 5 heteroatoms. The van der Waals surface area contributed by atoms with Crippen LogP contribution in [0.2, 0.25) is 0 Å². The van der Waals surface area contributed by atoms with Crippen molar-refractivity contribution in [3.8, 4) is 5.88 Å². The molecule has 0 amide bonds. The molecule has 0 radical (unpaired) electrons. The number of ether oxygens (including phenoxy) is 1. The van der Waals surface area contributed by atoms with Gasteiger partial charge in [-0.05, 0) is 19.3 Å². The molecule has 1 aromatic heterocycles. The van der Waals surface area contributed by atoms with Gasteiger partial charge in [-0.2, -0.15) is 0 Å². The number of halogens is 1. The Morgan fingerprint density at radius 3 is 3.12 bits per heavy atom. The largest absolute Gasteiger partial charge is 0.478 e. The van der Waals surface area contributed by atoms with Gasteiger partial charge in [0.1, 0.15) is 12.1 Å². The first-order chi connectivity index (χ1) is 7.83. The molecular weight excluding hydrogens is 226 g/mol. The average Bonchev–Trinajstić information content (AvgIpc) is 2.78. The molecule has 2 rings (SSSR count). The maximum Gasteiger partial charge on any atom is 0.218 e. The zero-order valence-electron chi connectivity index (χ0n) is 9.40. The summed E-state index contributed by atoms with van der Waals surface area (Å²) in [5, 5.41) is 0. The molecule has 0 saturated carbocycles. The second-order valence-corrected chi connectivity index (χ2v) is 4.21. The quantitative estimate of drug-likeness (QED) is 0.756. The fraction of sp³-hybridized carbons (Fsp3) is 0.636. The standard InChI is InChI=1S/C11H16ClN3O/c1-2-16-11-5-10(13-8-14-11)15-4-3-9(6-12)7-15/h5,8-9H,2-4,6-7H2,1H3. The van der Waals surface area contributed by atoms with E-state index in [1.54, 1.807) is 6.33 Å². The number of nitrogens with zero attached hydrogens (tertiary/aromatic N) is 3. The van der Waals surface area contributed by atoms with Gasteiger partial charge in [0.25, 0.3) is 0 Å². The van der Waals surface area contributed by atoms with Crippen LogP contribution in [0.15, 0.2) is 12.4 Å². The van der Waals surface area contributed by atoms with E-state index in [1.807, 2.05) is 13.0 Å². The molecule has 2 heterocycles. The van der Waals surface area contributed by atoms with Crippen LogP contribution in [0.3, 0.4) is 0 Å². The Hall–Kier alpha value is -1.03. The van der Waals surface area contributed by atoms with Crippen LogP contribution in [-0.4, -0.2) is 35.5 Å². The van der Waals surface area contributed by atoms with Gasteiger partial charge in [0.05, 0.1) is 6.61 Å². The van der Waals surface area contributed by atoms with Crippen molar-refractivity contribution in [3.05, 3.63) is 12.4 Å². The van der Waals surface area contributed by atoms with Gasteiger partial charge in [0, 0.05) is 25.0 Å². The van der Waals surface area contributed by atoms with Crippen LogP contribution in [0.1, 0.15) is 13.3 Å². The highest BCUT2D eigenvalue weighted by molar-refractivity contribution is 6.18. The summed E-state index contributed by atoms with van der Waals surface area (Å²) < 4.78 is 5.36. The van der Waals surface area contributed by atoms with E-state index in [4.69, 9.17) is 16.3 Å². The Morgan fingerprint density at radius 1 is 1.56 bits per heavy atom. The van der Waals surface area contributed by atoms with Gasteiger partial charge in [-0.1, -0.05) is 0 Å². The molecule has 1 unspecified atom stereocenters. The lowest BCUT2D eigenvalue weighted by atomic mass is 10.2. The first-order valence-corrected chi connectivity index (χ1v) is 6.12. The molecule has 1 atom stereocenters. The number of alkyl halides is 1. The van der Waals surface area contributed by atoms with Gasteiger partial charge in [-0.3, -0.25) is 0 Å². The fourth-order valence-corrected chi connectivity index (χ4v) is 2.15. The second-order valence-electron chi connectivity index (χ2n) is 3.90. The lowest BCUT2D eigenvalue weighted by Gasteiger charge is -2.17. The maximum absolute atomic E-state index is 5.86. The van der Waals surface area contributed by atoms with Gasteiger partial charge in [0.15, 0.2) is 0 Å². The van der Waals surface area contributed by atoms with Crippen LogP contribution in [0.5, 0.6) is 5.88 Å². The van der Waals surface area contributed by atoms with E-state index < -0.39 is 0 Å². The molecule has 1 fully saturated rings. The van der Waals surface area contributed by atoms with Crippen molar-refractivity contribution in [3.63, 3.8) is 0 Å². The third kappa shape index (κ3) is 2.55. The number of aromatic nitrogens is 2. The summed E-state index contributed by atoms with van der Waals surface area (Å²) in [6, 6.07) is 1.89. The molecule has 1 saturated heterocycles. The van der Waals surface area contributed by atoms with Crippen molar-refractivity contribution in [1.82, 2.24) is 9.97 Å². The molecule has 1 aliphatic heterocycles. The fourth-order valence-electron chi connectivity index (χ4n) is 1.90. The minimum absolute atomic E-state index is 0.576. The minimum atomic E-state index is 0.576. The predicted octanol–water partition coefficient (Wildman–Crippen LogP) is 1.94. The van der Waals surface area contributed by atoms with Crippen LogP contribution in [-0.2, 0) is 0 Å². The summed E-state index contributed by atoms with van der Waals surface area (Å²) >= 11 is 5.86. The molecule has 0 bridgehead atoms. The van der Waals surface area contributed by atoms with Crippen molar-refractivity contribution in [2.24, 2.45) is 5.92 Å². The first-order valence-electron chi connectivity index (χ1n) is 5.59. The SMILES string of the molecule is CCOc1cc(N2CCC(CCl)C2)ncn1. The summed E-state index contributed by atoms with van der Waals surface area (Å²) in [6.07, 6.45) is 2.69. The molecule has 0 spiro atoms. The molecule has 0 N–H and O–H groups in total. The second kappa shape index (κ2) is 5.34. The zero-order valence-corrected chi connectivity index (χ0v) is 10.2. The molecule has 88 valence electrons. The monoisotopic (exact) mass is 241 g/mol. The van der Waals surface area contributed by atoms with Crippen LogP contribution in [0.25, 0.3) is 0 Å². The van der Waals surface area contributed by atoms with Crippen molar-refractivity contribution < 1.29 is 4.74 Å². The van der Waals surface area contributed by atoms with Gasteiger partial charge in [-0.25, -0.2) is 9.97 Å². The van der Waals surface area contributed by atoms with E-state index in [2.05, 4.69) is 14.9 Å². The average molecular weight is 242 g/mol. The highest BCUT2D eigenvalue weighted by atomic mass is 35.5. The Balaban J connectivity index is 2.06. The van der Waals surface area contributed by atoms with Crippen LogP contribution < -0.4 is 9.64 Å². The van der Waals surface area contributed by atoms with E-state index in [0.29, 0.717) is 18.4 Å². The van der Waals surface area contributed by atoms with Crippen molar-refractivity contribution >= 4 is 17.4 Å². The molecule has 1 aliphatic rings. The summed E-state index contributed by atoms with van der Waals surface area (Å²) in [4.78, 5) is 10.6. The van der Waals surface area contributed by atoms with Gasteiger partial charge < -0.3 is 9.64 Å². The van der Waals surface area contributed by atoms with E-state index in [1.165, 1.54) is 0 Å². The van der Waals surface area contributed by atoms with Crippen molar-refractivity contribution in [2.45, 2.75) is 13.3 Å². The normalized spacial score (nSPS) is 20.1. The summed E-state index contributed by atoms with van der Waals surface area (Å²) in [5.74, 6) is 2.87. The Kier molecular flexibility index (Phi) is 3.83.